The van der Waals surface area contributed by atoms with Crippen LogP contribution < -0.4 is 0 Å². The third kappa shape index (κ3) is 0.972. The van der Waals surface area contributed by atoms with E-state index in [-0.39, 0.29) is 0 Å². The lowest BCUT2D eigenvalue weighted by atomic mass is 10.0. The summed E-state index contributed by atoms with van der Waals surface area (Å²) in [6.45, 7) is 0. The average molecular weight is 178 g/mol. The number of hydrogen-bond acceptors (Lipinski definition) is 6. The summed E-state index contributed by atoms with van der Waals surface area (Å²) in [6, 6.07) is 0. The van der Waals surface area contributed by atoms with Gasteiger partial charge >= 0.3 is 0 Å². The smallest absolute Gasteiger partial charge is 0.184 e. The molecular formula is C6H10O6. The molecule has 0 aromatic heterocycles. The summed E-state index contributed by atoms with van der Waals surface area (Å²) < 4.78 is 9.45. The molecule has 2 rings (SSSR count). The van der Waals surface area contributed by atoms with Gasteiger partial charge < -0.3 is 29.9 Å². The Morgan fingerprint density at radius 2 is 1.25 bits per heavy atom. The van der Waals surface area contributed by atoms with Gasteiger partial charge in [0.25, 0.3) is 0 Å². The van der Waals surface area contributed by atoms with Gasteiger partial charge in [-0.3, -0.25) is 0 Å². The molecule has 0 aliphatic carbocycles. The van der Waals surface area contributed by atoms with Gasteiger partial charge in [-0.05, 0) is 0 Å². The van der Waals surface area contributed by atoms with Gasteiger partial charge in [0.1, 0.15) is 24.4 Å². The quantitative estimate of drug-likeness (QED) is 0.318. The molecule has 0 spiro atoms. The van der Waals surface area contributed by atoms with Gasteiger partial charge in [-0.25, -0.2) is 0 Å². The van der Waals surface area contributed by atoms with Crippen molar-refractivity contribution in [3.63, 3.8) is 0 Å². The molecular weight excluding hydrogens is 168 g/mol. The van der Waals surface area contributed by atoms with Crippen LogP contribution in [0, 0.1) is 0 Å². The van der Waals surface area contributed by atoms with Crippen molar-refractivity contribution in [2.45, 2.75) is 37.0 Å². The van der Waals surface area contributed by atoms with Gasteiger partial charge in [0.15, 0.2) is 12.6 Å². The lowest BCUT2D eigenvalue weighted by Gasteiger charge is -2.31. The molecule has 6 nitrogen and oxygen atoms in total. The van der Waals surface area contributed by atoms with Crippen molar-refractivity contribution in [3.05, 3.63) is 0 Å². The van der Waals surface area contributed by atoms with Crippen molar-refractivity contribution in [1.82, 2.24) is 0 Å². The van der Waals surface area contributed by atoms with Crippen LogP contribution >= 0.6 is 0 Å². The van der Waals surface area contributed by atoms with Crippen LogP contribution in [0.1, 0.15) is 0 Å². The number of aliphatic hydroxyl groups excluding tert-OH is 4. The van der Waals surface area contributed by atoms with Crippen molar-refractivity contribution >= 4 is 0 Å². The van der Waals surface area contributed by atoms with Crippen molar-refractivity contribution in [2.24, 2.45) is 0 Å². The molecule has 0 amide bonds. The molecule has 0 aromatic rings. The van der Waals surface area contributed by atoms with E-state index in [1.165, 1.54) is 0 Å². The molecule has 4 N–H and O–H groups in total. The monoisotopic (exact) mass is 178 g/mol. The van der Waals surface area contributed by atoms with Crippen molar-refractivity contribution in [1.29, 1.82) is 0 Å². The zero-order chi connectivity index (χ0) is 8.88. The highest BCUT2D eigenvalue weighted by molar-refractivity contribution is 4.96. The Bertz CT molecular complexity index is 181. The maximum Gasteiger partial charge on any atom is 0.184 e. The summed E-state index contributed by atoms with van der Waals surface area (Å²) in [7, 11) is 0. The first-order valence-corrected chi connectivity index (χ1v) is 3.64. The molecule has 2 aliphatic rings. The molecule has 12 heavy (non-hydrogen) atoms. The molecule has 0 unspecified atom stereocenters. The second-order valence-corrected chi connectivity index (χ2v) is 2.96. The fraction of sp³-hybridized carbons (Fsp3) is 1.00. The van der Waals surface area contributed by atoms with E-state index < -0.39 is 37.0 Å². The molecule has 6 heteroatoms. The standard InChI is InChI=1S/C6H10O6/c7-1-3-2(8)5(9)12-4(1)6(10)11-3/h1-10H/t1-,2-,3+,4+,5+,6+/m1/s1. The number of fused-ring (bicyclic) bond motifs is 2. The second-order valence-electron chi connectivity index (χ2n) is 2.96. The highest BCUT2D eigenvalue weighted by Gasteiger charge is 2.54. The van der Waals surface area contributed by atoms with E-state index in [0.29, 0.717) is 0 Å². The summed E-state index contributed by atoms with van der Waals surface area (Å²) in [5, 5.41) is 36.6. The summed E-state index contributed by atoms with van der Waals surface area (Å²) in [5.74, 6) is 0. The lowest BCUT2D eigenvalue weighted by molar-refractivity contribution is -0.246. The van der Waals surface area contributed by atoms with Crippen LogP contribution in [0.2, 0.25) is 0 Å². The first kappa shape index (κ1) is 8.36. The predicted octanol–water partition coefficient (Wildman–Crippen LogP) is -2.86. The van der Waals surface area contributed by atoms with Crippen molar-refractivity contribution in [3.8, 4) is 0 Å². The maximum atomic E-state index is 9.29. The van der Waals surface area contributed by atoms with E-state index in [4.69, 9.17) is 19.7 Å². The summed E-state index contributed by atoms with van der Waals surface area (Å²) >= 11 is 0. The van der Waals surface area contributed by atoms with E-state index >= 15 is 0 Å². The second kappa shape index (κ2) is 2.63. The Kier molecular flexibility index (Phi) is 1.83. The van der Waals surface area contributed by atoms with Crippen LogP contribution in [0.4, 0.5) is 0 Å². The minimum atomic E-state index is -1.40. The molecule has 2 fully saturated rings. The maximum absolute atomic E-state index is 9.29. The Labute approximate surface area is 68.0 Å². The van der Waals surface area contributed by atoms with Crippen LogP contribution in [0.3, 0.4) is 0 Å². The third-order valence-electron chi connectivity index (χ3n) is 2.18. The normalized spacial score (nSPS) is 59.0. The zero-order valence-corrected chi connectivity index (χ0v) is 6.07. The Morgan fingerprint density at radius 1 is 0.667 bits per heavy atom. The topological polar surface area (TPSA) is 99.4 Å². The van der Waals surface area contributed by atoms with Gasteiger partial charge in [-0.1, -0.05) is 0 Å². The number of rotatable bonds is 0. The highest BCUT2D eigenvalue weighted by atomic mass is 16.7. The van der Waals surface area contributed by atoms with E-state index in [2.05, 4.69) is 0 Å². The Hall–Kier alpha value is -0.240. The first-order chi connectivity index (χ1) is 5.61. The van der Waals surface area contributed by atoms with Gasteiger partial charge in [-0.15, -0.1) is 0 Å². The van der Waals surface area contributed by atoms with Gasteiger partial charge in [-0.2, -0.15) is 0 Å². The van der Waals surface area contributed by atoms with Crippen LogP contribution in [-0.4, -0.2) is 57.4 Å². The fourth-order valence-corrected chi connectivity index (χ4v) is 1.51. The molecule has 6 atom stereocenters. The summed E-state index contributed by atoms with van der Waals surface area (Å²) in [4.78, 5) is 0. The summed E-state index contributed by atoms with van der Waals surface area (Å²) in [6.07, 6.45) is -7.01. The Balaban J connectivity index is 2.20. The van der Waals surface area contributed by atoms with Gasteiger partial charge in [0, 0.05) is 0 Å². The van der Waals surface area contributed by atoms with E-state index in [1.807, 2.05) is 0 Å². The average Bonchev–Trinajstić information content (AvgIpc) is 2.23. The van der Waals surface area contributed by atoms with Crippen LogP contribution in [0.15, 0.2) is 0 Å². The molecule has 2 bridgehead atoms. The predicted molar refractivity (Wildman–Crippen MR) is 33.8 cm³/mol. The zero-order valence-electron chi connectivity index (χ0n) is 6.07. The fourth-order valence-electron chi connectivity index (χ4n) is 1.51. The minimum absolute atomic E-state index is 0.964. The first-order valence-electron chi connectivity index (χ1n) is 3.64. The molecule has 0 aromatic carbocycles. The molecule has 0 saturated carbocycles. The largest absolute Gasteiger partial charge is 0.387 e. The van der Waals surface area contributed by atoms with Crippen LogP contribution in [-0.2, 0) is 9.47 Å². The van der Waals surface area contributed by atoms with E-state index in [0.717, 1.165) is 0 Å². The van der Waals surface area contributed by atoms with E-state index in [1.54, 1.807) is 0 Å². The summed E-state index contributed by atoms with van der Waals surface area (Å²) in [5.41, 5.74) is 0. The number of aliphatic hydroxyl groups is 4. The molecule has 2 aliphatic heterocycles. The van der Waals surface area contributed by atoms with Crippen molar-refractivity contribution in [2.75, 3.05) is 0 Å². The molecule has 70 valence electrons. The van der Waals surface area contributed by atoms with E-state index in [9.17, 15) is 10.2 Å². The third-order valence-corrected chi connectivity index (χ3v) is 2.18. The van der Waals surface area contributed by atoms with Crippen LogP contribution in [0.25, 0.3) is 0 Å². The molecule has 2 saturated heterocycles. The van der Waals surface area contributed by atoms with Crippen LogP contribution in [0.5, 0.6) is 0 Å². The SMILES string of the molecule is O[C@@H]1[C@@H]2O[C@H](O)[C@H]1O[C@H](O)[C@@H]2O. The Morgan fingerprint density at radius 3 is 1.92 bits per heavy atom. The minimum Gasteiger partial charge on any atom is -0.387 e. The van der Waals surface area contributed by atoms with Gasteiger partial charge in [0.2, 0.25) is 0 Å². The number of hydrogen-bond donors (Lipinski definition) is 4. The number of ether oxygens (including phenoxy) is 2. The van der Waals surface area contributed by atoms with Gasteiger partial charge in [0.05, 0.1) is 0 Å². The highest BCUT2D eigenvalue weighted by Crippen LogP contribution is 2.31. The van der Waals surface area contributed by atoms with Crippen molar-refractivity contribution < 1.29 is 29.9 Å². The molecule has 0 radical (unpaired) electrons. The molecule has 2 heterocycles. The lowest BCUT2D eigenvalue weighted by Crippen LogP contribution is -2.53.